The van der Waals surface area contributed by atoms with Crippen molar-refractivity contribution in [3.05, 3.63) is 42.2 Å². The molecule has 1 saturated heterocycles. The molecule has 2 aliphatic rings. The van der Waals surface area contributed by atoms with Crippen LogP contribution < -0.4 is 20.4 Å². The van der Waals surface area contributed by atoms with Crippen LogP contribution in [0.4, 0.5) is 22.1 Å². The molecule has 30 heavy (non-hydrogen) atoms. The lowest BCUT2D eigenvalue weighted by Crippen LogP contribution is -2.48. The zero-order valence-electron chi connectivity index (χ0n) is 16.6. The predicted molar refractivity (Wildman–Crippen MR) is 111 cm³/mol. The molecule has 2 bridgehead atoms. The quantitative estimate of drug-likeness (QED) is 0.643. The van der Waals surface area contributed by atoms with Gasteiger partial charge in [-0.25, -0.2) is 14.8 Å². The van der Waals surface area contributed by atoms with Crippen LogP contribution in [-0.2, 0) is 4.74 Å². The lowest BCUT2D eigenvalue weighted by molar-refractivity contribution is 0.0608. The van der Waals surface area contributed by atoms with E-state index in [9.17, 15) is 14.7 Å². The van der Waals surface area contributed by atoms with Crippen molar-refractivity contribution in [1.82, 2.24) is 15.3 Å². The predicted octanol–water partition coefficient (Wildman–Crippen LogP) is 0.844. The van der Waals surface area contributed by atoms with E-state index < -0.39 is 12.0 Å². The molecule has 0 aromatic carbocycles. The van der Waals surface area contributed by atoms with Crippen molar-refractivity contribution in [3.8, 4) is 0 Å². The first-order valence-electron chi connectivity index (χ1n) is 9.79. The first kappa shape index (κ1) is 20.0. The third-order valence-electron chi connectivity index (χ3n) is 5.16. The van der Waals surface area contributed by atoms with Crippen LogP contribution in [0.5, 0.6) is 0 Å². The van der Waals surface area contributed by atoms with Crippen LogP contribution in [0.2, 0.25) is 0 Å². The Morgan fingerprint density at radius 2 is 2.20 bits per heavy atom. The summed E-state index contributed by atoms with van der Waals surface area (Å²) >= 11 is 0. The standard InChI is InChI=1S/C20H24N6O4/c1-30-12-14(27)10-22-19(28)15-5-6-16-18(23-15)26(13-7-9-25(16)11-13)20(29)24-17-4-2-3-8-21-17/h2-6,8,13-14,27H,7,9-12H2,1H3,(H,22,28)(H,21,24,29)/t13-,14?/m0/s1. The Labute approximate surface area is 173 Å². The number of urea groups is 1. The largest absolute Gasteiger partial charge is 0.389 e. The molecule has 2 aromatic heterocycles. The van der Waals surface area contributed by atoms with E-state index in [-0.39, 0.29) is 30.9 Å². The minimum Gasteiger partial charge on any atom is -0.389 e. The number of aromatic nitrogens is 2. The van der Waals surface area contributed by atoms with E-state index in [1.807, 2.05) is 6.07 Å². The Bertz CT molecular complexity index is 925. The average Bonchev–Trinajstić information content (AvgIpc) is 3.17. The molecule has 158 valence electrons. The van der Waals surface area contributed by atoms with Crippen molar-refractivity contribution in [2.75, 3.05) is 48.5 Å². The Morgan fingerprint density at radius 3 is 2.97 bits per heavy atom. The van der Waals surface area contributed by atoms with Crippen LogP contribution in [0, 0.1) is 0 Å². The summed E-state index contributed by atoms with van der Waals surface area (Å²) in [5.74, 6) is 0.471. The number of rotatable bonds is 6. The number of ether oxygens (including phenoxy) is 1. The lowest BCUT2D eigenvalue weighted by Gasteiger charge is -2.35. The van der Waals surface area contributed by atoms with Crippen LogP contribution in [-0.4, -0.2) is 72.5 Å². The summed E-state index contributed by atoms with van der Waals surface area (Å²) in [6.45, 7) is 1.71. The van der Waals surface area contributed by atoms with Gasteiger partial charge in [0, 0.05) is 32.9 Å². The van der Waals surface area contributed by atoms with E-state index in [0.29, 0.717) is 11.6 Å². The summed E-state index contributed by atoms with van der Waals surface area (Å²) < 4.78 is 4.86. The molecule has 1 unspecified atom stereocenters. The maximum atomic E-state index is 13.1. The Morgan fingerprint density at radius 1 is 1.33 bits per heavy atom. The van der Waals surface area contributed by atoms with Crippen LogP contribution in [0.15, 0.2) is 36.5 Å². The van der Waals surface area contributed by atoms with Gasteiger partial charge in [0.15, 0.2) is 5.82 Å². The van der Waals surface area contributed by atoms with Crippen molar-refractivity contribution in [2.24, 2.45) is 0 Å². The SMILES string of the molecule is COCC(O)CNC(=O)c1ccc2c(n1)N(C(=O)Nc1ccccn1)[C@H]1CCN2C1. The van der Waals surface area contributed by atoms with Gasteiger partial charge in [-0.2, -0.15) is 0 Å². The number of aliphatic hydroxyl groups is 1. The second-order valence-corrected chi connectivity index (χ2v) is 7.26. The summed E-state index contributed by atoms with van der Waals surface area (Å²) in [5, 5.41) is 15.2. The molecule has 0 saturated carbocycles. The molecule has 1 fully saturated rings. The number of anilines is 3. The molecule has 10 heteroatoms. The minimum absolute atomic E-state index is 0.0319. The highest BCUT2D eigenvalue weighted by Crippen LogP contribution is 2.39. The fourth-order valence-electron chi connectivity index (χ4n) is 3.76. The molecule has 10 nitrogen and oxygen atoms in total. The van der Waals surface area contributed by atoms with E-state index >= 15 is 0 Å². The zero-order chi connectivity index (χ0) is 21.1. The summed E-state index contributed by atoms with van der Waals surface area (Å²) in [4.78, 5) is 38.0. The first-order chi connectivity index (χ1) is 14.6. The number of carbonyl (C=O) groups is 2. The van der Waals surface area contributed by atoms with Crippen molar-refractivity contribution in [3.63, 3.8) is 0 Å². The minimum atomic E-state index is -0.806. The third-order valence-corrected chi connectivity index (χ3v) is 5.16. The van der Waals surface area contributed by atoms with Gasteiger partial charge in [-0.3, -0.25) is 15.0 Å². The number of hydrogen-bond donors (Lipinski definition) is 3. The molecule has 2 atom stereocenters. The zero-order valence-corrected chi connectivity index (χ0v) is 16.6. The van der Waals surface area contributed by atoms with E-state index in [0.717, 1.165) is 25.2 Å². The van der Waals surface area contributed by atoms with E-state index in [1.54, 1.807) is 35.4 Å². The van der Waals surface area contributed by atoms with Gasteiger partial charge in [0.1, 0.15) is 11.5 Å². The van der Waals surface area contributed by atoms with Crippen molar-refractivity contribution < 1.29 is 19.4 Å². The fourth-order valence-corrected chi connectivity index (χ4v) is 3.76. The van der Waals surface area contributed by atoms with Gasteiger partial charge >= 0.3 is 6.03 Å². The molecule has 3 amide bonds. The van der Waals surface area contributed by atoms with E-state index in [4.69, 9.17) is 4.74 Å². The number of aliphatic hydroxyl groups excluding tert-OH is 1. The van der Waals surface area contributed by atoms with Crippen LogP contribution in [0.3, 0.4) is 0 Å². The summed E-state index contributed by atoms with van der Waals surface area (Å²) in [5.41, 5.74) is 0.993. The summed E-state index contributed by atoms with van der Waals surface area (Å²) in [6.07, 6.45) is 1.62. The number of methoxy groups -OCH3 is 1. The molecule has 2 aliphatic heterocycles. The first-order valence-corrected chi connectivity index (χ1v) is 9.79. The fraction of sp³-hybridized carbons (Fsp3) is 0.400. The molecular formula is C20H24N6O4. The lowest BCUT2D eigenvalue weighted by atomic mass is 10.1. The summed E-state index contributed by atoms with van der Waals surface area (Å²) in [6, 6.07) is 8.36. The number of carbonyl (C=O) groups excluding carboxylic acids is 2. The van der Waals surface area contributed by atoms with Gasteiger partial charge in [0.25, 0.3) is 5.91 Å². The van der Waals surface area contributed by atoms with Crippen molar-refractivity contribution in [1.29, 1.82) is 0 Å². The van der Waals surface area contributed by atoms with Gasteiger partial charge in [-0.05, 0) is 30.7 Å². The maximum Gasteiger partial charge on any atom is 0.329 e. The highest BCUT2D eigenvalue weighted by molar-refractivity contribution is 6.05. The number of hydrogen-bond acceptors (Lipinski definition) is 7. The van der Waals surface area contributed by atoms with Gasteiger partial charge in [-0.1, -0.05) is 6.07 Å². The van der Waals surface area contributed by atoms with Crippen LogP contribution in [0.25, 0.3) is 0 Å². The molecule has 2 aromatic rings. The third kappa shape index (κ3) is 4.05. The van der Waals surface area contributed by atoms with E-state index in [1.165, 1.54) is 7.11 Å². The van der Waals surface area contributed by atoms with Crippen molar-refractivity contribution in [2.45, 2.75) is 18.6 Å². The van der Waals surface area contributed by atoms with Gasteiger partial charge in [0.2, 0.25) is 0 Å². The van der Waals surface area contributed by atoms with Gasteiger partial charge in [-0.15, -0.1) is 0 Å². The number of amides is 3. The molecule has 0 radical (unpaired) electrons. The number of nitrogens with one attached hydrogen (secondary N) is 2. The second-order valence-electron chi connectivity index (χ2n) is 7.26. The second kappa shape index (κ2) is 8.64. The number of nitrogens with zero attached hydrogens (tertiary/aromatic N) is 4. The highest BCUT2D eigenvalue weighted by Gasteiger charge is 2.40. The number of fused-ring (bicyclic) bond motifs is 4. The molecule has 3 N–H and O–H groups in total. The van der Waals surface area contributed by atoms with Crippen LogP contribution >= 0.6 is 0 Å². The molecule has 4 heterocycles. The topological polar surface area (TPSA) is 120 Å². The Balaban J connectivity index is 1.56. The van der Waals surface area contributed by atoms with E-state index in [2.05, 4.69) is 25.5 Å². The smallest absolute Gasteiger partial charge is 0.329 e. The average molecular weight is 412 g/mol. The van der Waals surface area contributed by atoms with Crippen LogP contribution in [0.1, 0.15) is 16.9 Å². The molecule has 4 rings (SSSR count). The Kier molecular flexibility index (Phi) is 5.77. The Hall–Kier alpha value is -3.24. The highest BCUT2D eigenvalue weighted by atomic mass is 16.5. The van der Waals surface area contributed by atoms with Gasteiger partial charge < -0.3 is 20.1 Å². The van der Waals surface area contributed by atoms with Gasteiger partial charge in [0.05, 0.1) is 24.4 Å². The van der Waals surface area contributed by atoms with Crippen molar-refractivity contribution >= 4 is 29.3 Å². The summed E-state index contributed by atoms with van der Waals surface area (Å²) in [7, 11) is 1.48. The monoisotopic (exact) mass is 412 g/mol. The molecule has 0 spiro atoms. The maximum absolute atomic E-state index is 13.1. The molecular weight excluding hydrogens is 388 g/mol. The molecule has 0 aliphatic carbocycles. The normalized spacial score (nSPS) is 18.0. The number of pyridine rings is 2.